The van der Waals surface area contributed by atoms with Crippen molar-refractivity contribution in [3.8, 4) is 0 Å². The van der Waals surface area contributed by atoms with Gasteiger partial charge in [0.15, 0.2) is 0 Å². The van der Waals surface area contributed by atoms with Crippen molar-refractivity contribution in [3.63, 3.8) is 0 Å². The van der Waals surface area contributed by atoms with Crippen molar-refractivity contribution < 1.29 is 4.79 Å². The molecule has 1 heterocycles. The molecule has 2 rings (SSSR count). The van der Waals surface area contributed by atoms with E-state index in [-0.39, 0.29) is 11.3 Å². The number of hydrogen-bond acceptors (Lipinski definition) is 2. The summed E-state index contributed by atoms with van der Waals surface area (Å²) in [4.78, 5) is 14.2. The molecule has 98 valence electrons. The summed E-state index contributed by atoms with van der Waals surface area (Å²) in [7, 11) is 0. The monoisotopic (exact) mass is 378 g/mol. The second-order valence-electron chi connectivity index (χ2n) is 5.12. The Kier molecular flexibility index (Phi) is 4.18. The number of amides is 1. The van der Waals surface area contributed by atoms with Crippen molar-refractivity contribution in [2.45, 2.75) is 13.3 Å². The number of hydrogen-bond donors (Lipinski definition) is 1. The smallest absolute Gasteiger partial charge is 0.253 e. The van der Waals surface area contributed by atoms with E-state index in [0.717, 1.165) is 23.1 Å². The van der Waals surface area contributed by atoms with E-state index in [1.54, 1.807) is 12.1 Å². The summed E-state index contributed by atoms with van der Waals surface area (Å²) in [6.45, 7) is 4.27. The van der Waals surface area contributed by atoms with Crippen molar-refractivity contribution in [3.05, 3.63) is 32.4 Å². The van der Waals surface area contributed by atoms with Crippen LogP contribution in [0, 0.1) is 8.99 Å². The SMILES string of the molecule is CC1(CN)CCN(C(=O)c2ccc(Cl)c(I)c2)C1. The van der Waals surface area contributed by atoms with Crippen molar-refractivity contribution in [1.29, 1.82) is 0 Å². The van der Waals surface area contributed by atoms with E-state index < -0.39 is 0 Å². The molecule has 1 aliphatic heterocycles. The molecular formula is C13H16ClIN2O. The van der Waals surface area contributed by atoms with Crippen molar-refractivity contribution >= 4 is 40.1 Å². The molecule has 1 atom stereocenters. The lowest BCUT2D eigenvalue weighted by atomic mass is 9.90. The lowest BCUT2D eigenvalue weighted by molar-refractivity contribution is 0.0777. The van der Waals surface area contributed by atoms with Crippen molar-refractivity contribution in [2.75, 3.05) is 19.6 Å². The number of nitrogens with zero attached hydrogens (tertiary/aromatic N) is 1. The molecule has 1 amide bonds. The number of carbonyl (C=O) groups excluding carboxylic acids is 1. The first kappa shape index (κ1) is 14.1. The Bertz CT molecular complexity index is 480. The zero-order chi connectivity index (χ0) is 13.3. The molecule has 1 unspecified atom stereocenters. The van der Waals surface area contributed by atoms with Crippen LogP contribution in [0.3, 0.4) is 0 Å². The normalized spacial score (nSPS) is 23.4. The summed E-state index contributed by atoms with van der Waals surface area (Å²) in [5.74, 6) is 0.0711. The van der Waals surface area contributed by atoms with Gasteiger partial charge in [-0.15, -0.1) is 0 Å². The molecule has 1 fully saturated rings. The molecule has 0 aliphatic carbocycles. The van der Waals surface area contributed by atoms with Gasteiger partial charge in [0.05, 0.1) is 5.02 Å². The Labute approximate surface area is 126 Å². The van der Waals surface area contributed by atoms with E-state index in [2.05, 4.69) is 29.5 Å². The predicted octanol–water partition coefficient (Wildman–Crippen LogP) is 2.76. The Hall–Kier alpha value is -0.330. The van der Waals surface area contributed by atoms with Crippen molar-refractivity contribution in [2.24, 2.45) is 11.1 Å². The van der Waals surface area contributed by atoms with Crippen LogP contribution in [-0.2, 0) is 0 Å². The summed E-state index contributed by atoms with van der Waals surface area (Å²) in [6.07, 6.45) is 0.972. The van der Waals surface area contributed by atoms with Gasteiger partial charge in [-0.25, -0.2) is 0 Å². The highest BCUT2D eigenvalue weighted by Gasteiger charge is 2.35. The average molecular weight is 379 g/mol. The summed E-state index contributed by atoms with van der Waals surface area (Å²) < 4.78 is 0.904. The van der Waals surface area contributed by atoms with Gasteiger partial charge in [0, 0.05) is 22.2 Å². The van der Waals surface area contributed by atoms with E-state index in [9.17, 15) is 4.79 Å². The van der Waals surface area contributed by atoms with Gasteiger partial charge < -0.3 is 10.6 Å². The first-order chi connectivity index (χ1) is 8.45. The van der Waals surface area contributed by atoms with E-state index in [0.29, 0.717) is 17.1 Å². The molecule has 0 saturated carbocycles. The van der Waals surface area contributed by atoms with Gasteiger partial charge in [-0.05, 0) is 59.2 Å². The summed E-state index contributed by atoms with van der Waals surface area (Å²) in [5.41, 5.74) is 6.52. The summed E-state index contributed by atoms with van der Waals surface area (Å²) >= 11 is 8.10. The second kappa shape index (κ2) is 5.35. The fourth-order valence-corrected chi connectivity index (χ4v) is 2.81. The highest BCUT2D eigenvalue weighted by atomic mass is 127. The van der Waals surface area contributed by atoms with Crippen LogP contribution in [0.4, 0.5) is 0 Å². The number of nitrogens with two attached hydrogens (primary N) is 1. The van der Waals surface area contributed by atoms with E-state index in [4.69, 9.17) is 17.3 Å². The minimum Gasteiger partial charge on any atom is -0.338 e. The highest BCUT2D eigenvalue weighted by molar-refractivity contribution is 14.1. The van der Waals surface area contributed by atoms with Gasteiger partial charge in [-0.2, -0.15) is 0 Å². The summed E-state index contributed by atoms with van der Waals surface area (Å²) in [6, 6.07) is 5.39. The summed E-state index contributed by atoms with van der Waals surface area (Å²) in [5, 5.41) is 0.681. The van der Waals surface area contributed by atoms with Crippen LogP contribution in [0.15, 0.2) is 18.2 Å². The van der Waals surface area contributed by atoms with Gasteiger partial charge in [-0.3, -0.25) is 4.79 Å². The standard InChI is InChI=1S/C13H16ClIN2O/c1-13(7-16)4-5-17(8-13)12(18)9-2-3-10(14)11(15)6-9/h2-3,6H,4-5,7-8,16H2,1H3. The van der Waals surface area contributed by atoms with Crippen LogP contribution in [0.25, 0.3) is 0 Å². The quantitative estimate of drug-likeness (QED) is 0.805. The third-order valence-electron chi connectivity index (χ3n) is 3.50. The molecule has 5 heteroatoms. The van der Waals surface area contributed by atoms with Crippen LogP contribution in [0.1, 0.15) is 23.7 Å². The van der Waals surface area contributed by atoms with Crippen LogP contribution >= 0.6 is 34.2 Å². The lowest BCUT2D eigenvalue weighted by Gasteiger charge is -2.22. The van der Waals surface area contributed by atoms with Gasteiger partial charge >= 0.3 is 0 Å². The zero-order valence-corrected chi connectivity index (χ0v) is 13.2. The van der Waals surface area contributed by atoms with Gasteiger partial charge in [-0.1, -0.05) is 18.5 Å². The third-order valence-corrected chi connectivity index (χ3v) is 5.05. The molecule has 0 radical (unpaired) electrons. The zero-order valence-electron chi connectivity index (χ0n) is 10.2. The Balaban J connectivity index is 2.15. The van der Waals surface area contributed by atoms with Crippen LogP contribution in [0.2, 0.25) is 5.02 Å². The molecule has 1 aromatic rings. The van der Waals surface area contributed by atoms with Gasteiger partial charge in [0.25, 0.3) is 5.91 Å². The van der Waals surface area contributed by atoms with Gasteiger partial charge in [0.1, 0.15) is 0 Å². The third kappa shape index (κ3) is 2.81. The van der Waals surface area contributed by atoms with Crippen LogP contribution in [-0.4, -0.2) is 30.4 Å². The number of carbonyl (C=O) groups is 1. The average Bonchev–Trinajstić information content (AvgIpc) is 2.75. The molecule has 0 bridgehead atoms. The molecule has 3 nitrogen and oxygen atoms in total. The maximum atomic E-state index is 12.4. The Morgan fingerprint density at radius 1 is 1.61 bits per heavy atom. The van der Waals surface area contributed by atoms with E-state index >= 15 is 0 Å². The molecule has 1 aromatic carbocycles. The minimum absolute atomic E-state index is 0.0647. The topological polar surface area (TPSA) is 46.3 Å². The molecular weight excluding hydrogens is 363 g/mol. The lowest BCUT2D eigenvalue weighted by Crippen LogP contribution is -2.34. The Morgan fingerprint density at radius 3 is 2.89 bits per heavy atom. The first-order valence-corrected chi connectivity index (χ1v) is 7.35. The number of halogens is 2. The van der Waals surface area contributed by atoms with E-state index in [1.165, 1.54) is 0 Å². The largest absolute Gasteiger partial charge is 0.338 e. The molecule has 18 heavy (non-hydrogen) atoms. The van der Waals surface area contributed by atoms with Gasteiger partial charge in [0.2, 0.25) is 0 Å². The number of benzene rings is 1. The second-order valence-corrected chi connectivity index (χ2v) is 6.69. The molecule has 0 spiro atoms. The Morgan fingerprint density at radius 2 is 2.33 bits per heavy atom. The van der Waals surface area contributed by atoms with Crippen LogP contribution < -0.4 is 5.73 Å². The molecule has 1 saturated heterocycles. The molecule has 2 N–H and O–H groups in total. The fourth-order valence-electron chi connectivity index (χ4n) is 2.18. The van der Waals surface area contributed by atoms with E-state index in [1.807, 2.05) is 11.0 Å². The number of likely N-dealkylation sites (tertiary alicyclic amines) is 1. The van der Waals surface area contributed by atoms with Crippen LogP contribution in [0.5, 0.6) is 0 Å². The molecule has 1 aliphatic rings. The molecule has 0 aromatic heterocycles. The highest BCUT2D eigenvalue weighted by Crippen LogP contribution is 2.30. The van der Waals surface area contributed by atoms with Crippen molar-refractivity contribution in [1.82, 2.24) is 4.90 Å². The maximum Gasteiger partial charge on any atom is 0.253 e. The fraction of sp³-hybridized carbons (Fsp3) is 0.462. The number of rotatable bonds is 2. The maximum absolute atomic E-state index is 12.4. The minimum atomic E-state index is 0.0647. The first-order valence-electron chi connectivity index (χ1n) is 5.90. The predicted molar refractivity (Wildman–Crippen MR) is 81.9 cm³/mol.